The molecular formula is C15H14N4O. The van der Waals surface area contributed by atoms with Crippen molar-refractivity contribution in [3.8, 4) is 0 Å². The topological polar surface area (TPSA) is 70.1 Å². The van der Waals surface area contributed by atoms with E-state index < -0.39 is 0 Å². The summed E-state index contributed by atoms with van der Waals surface area (Å²) in [5.74, 6) is 0.327. The second-order valence-electron chi connectivity index (χ2n) is 5.27. The lowest BCUT2D eigenvalue weighted by molar-refractivity contribution is -0.116. The molecule has 0 bridgehead atoms. The summed E-state index contributed by atoms with van der Waals surface area (Å²) in [6, 6.07) is 3.89. The maximum Gasteiger partial charge on any atom is 0.273 e. The molecule has 0 atom stereocenters. The monoisotopic (exact) mass is 266 g/mol. The summed E-state index contributed by atoms with van der Waals surface area (Å²) in [7, 11) is 0. The number of amides is 1. The van der Waals surface area contributed by atoms with Crippen LogP contribution in [0.1, 0.15) is 24.8 Å². The van der Waals surface area contributed by atoms with Crippen LogP contribution in [0.15, 0.2) is 35.2 Å². The van der Waals surface area contributed by atoms with Crippen LogP contribution in [0.25, 0.3) is 17.1 Å². The van der Waals surface area contributed by atoms with Gasteiger partial charge in [-0.25, -0.2) is 10.4 Å². The van der Waals surface area contributed by atoms with Crippen molar-refractivity contribution in [2.45, 2.75) is 19.3 Å². The van der Waals surface area contributed by atoms with Crippen molar-refractivity contribution in [3.05, 3.63) is 35.7 Å². The molecule has 0 spiro atoms. The number of nitrogens with zero attached hydrogens (tertiary/aromatic N) is 2. The molecule has 1 aliphatic heterocycles. The number of fused-ring (bicyclic) bond motifs is 1. The van der Waals surface area contributed by atoms with Gasteiger partial charge in [-0.15, -0.1) is 0 Å². The lowest BCUT2D eigenvalue weighted by Gasteiger charge is -2.24. The summed E-state index contributed by atoms with van der Waals surface area (Å²) in [5, 5.41) is 5.22. The Hall–Kier alpha value is -2.43. The van der Waals surface area contributed by atoms with Gasteiger partial charge >= 0.3 is 0 Å². The molecule has 1 fully saturated rings. The summed E-state index contributed by atoms with van der Waals surface area (Å²) in [4.78, 5) is 19.4. The quantitative estimate of drug-likeness (QED) is 0.818. The average molecular weight is 266 g/mol. The molecule has 1 aliphatic carbocycles. The number of hydrogen-bond acceptors (Lipinski definition) is 3. The van der Waals surface area contributed by atoms with E-state index in [-0.39, 0.29) is 5.91 Å². The molecule has 2 N–H and O–H groups in total. The van der Waals surface area contributed by atoms with Gasteiger partial charge in [0.2, 0.25) is 0 Å². The molecule has 3 heterocycles. The van der Waals surface area contributed by atoms with Crippen molar-refractivity contribution in [2.75, 3.05) is 0 Å². The van der Waals surface area contributed by atoms with Crippen LogP contribution < -0.4 is 5.43 Å². The van der Waals surface area contributed by atoms with Gasteiger partial charge in [-0.05, 0) is 31.1 Å². The number of nitrogens with one attached hydrogen (secondary N) is 2. The lowest BCUT2D eigenvalue weighted by atomic mass is 9.79. The highest BCUT2D eigenvalue weighted by Crippen LogP contribution is 2.33. The number of aromatic nitrogens is 2. The number of hydrogen-bond donors (Lipinski definition) is 2. The maximum absolute atomic E-state index is 12.0. The predicted octanol–water partition coefficient (Wildman–Crippen LogP) is 2.23. The maximum atomic E-state index is 12.0. The van der Waals surface area contributed by atoms with Crippen molar-refractivity contribution >= 4 is 28.7 Å². The highest BCUT2D eigenvalue weighted by atomic mass is 16.2. The molecule has 100 valence electrons. The van der Waals surface area contributed by atoms with Gasteiger partial charge in [0.05, 0.1) is 11.3 Å². The number of aromatic amines is 1. The lowest BCUT2D eigenvalue weighted by Crippen LogP contribution is -2.23. The van der Waals surface area contributed by atoms with Gasteiger partial charge in [-0.3, -0.25) is 4.79 Å². The Morgan fingerprint density at radius 1 is 1.35 bits per heavy atom. The standard InChI is InChI=1S/C15H14N4O/c20-15-12(13(18-19-15)9-3-1-4-9)7-10-8-17-14-11(10)5-2-6-16-14/h2,5-9H,1,3-4H2,(H,16,17)(H,19,20). The van der Waals surface area contributed by atoms with Gasteiger partial charge < -0.3 is 4.98 Å². The number of rotatable bonds is 2. The van der Waals surface area contributed by atoms with E-state index in [1.165, 1.54) is 6.42 Å². The van der Waals surface area contributed by atoms with Crippen LogP contribution in [0, 0.1) is 5.92 Å². The highest BCUT2D eigenvalue weighted by Gasteiger charge is 2.32. The molecular weight excluding hydrogens is 252 g/mol. The first-order valence-electron chi connectivity index (χ1n) is 6.85. The molecule has 20 heavy (non-hydrogen) atoms. The van der Waals surface area contributed by atoms with E-state index in [0.29, 0.717) is 11.5 Å². The van der Waals surface area contributed by atoms with Crippen LogP contribution in [0.3, 0.4) is 0 Å². The fourth-order valence-corrected chi connectivity index (χ4v) is 2.73. The minimum absolute atomic E-state index is 0.106. The third kappa shape index (κ3) is 1.66. The SMILES string of the molecule is O=C1NN=C(C2CCC2)C1=Cc1c[nH]c2ncccc12. The number of carbonyl (C=O) groups is 1. The van der Waals surface area contributed by atoms with Crippen LogP contribution in [-0.4, -0.2) is 21.6 Å². The van der Waals surface area contributed by atoms with Gasteiger partial charge in [-0.2, -0.15) is 5.10 Å². The Balaban J connectivity index is 1.78. The summed E-state index contributed by atoms with van der Waals surface area (Å²) in [5.41, 5.74) is 6.01. The van der Waals surface area contributed by atoms with E-state index in [9.17, 15) is 4.79 Å². The van der Waals surface area contributed by atoms with Crippen molar-refractivity contribution in [1.82, 2.24) is 15.4 Å². The third-order valence-corrected chi connectivity index (χ3v) is 4.07. The molecule has 5 heteroatoms. The van der Waals surface area contributed by atoms with Crippen LogP contribution >= 0.6 is 0 Å². The number of H-pyrrole nitrogens is 1. The number of hydrazone groups is 1. The molecule has 5 nitrogen and oxygen atoms in total. The summed E-state index contributed by atoms with van der Waals surface area (Å²) in [6.45, 7) is 0. The Kier molecular flexibility index (Phi) is 2.45. The van der Waals surface area contributed by atoms with Gasteiger partial charge in [0, 0.05) is 29.3 Å². The molecule has 1 amide bonds. The zero-order valence-electron chi connectivity index (χ0n) is 10.9. The molecule has 1 saturated carbocycles. The predicted molar refractivity (Wildman–Crippen MR) is 77.0 cm³/mol. The van der Waals surface area contributed by atoms with Crippen LogP contribution in [0.4, 0.5) is 0 Å². The number of pyridine rings is 1. The molecule has 0 unspecified atom stereocenters. The van der Waals surface area contributed by atoms with Gasteiger partial charge in [0.15, 0.2) is 0 Å². The first-order valence-corrected chi connectivity index (χ1v) is 6.85. The van der Waals surface area contributed by atoms with Crippen LogP contribution in [0.5, 0.6) is 0 Å². The molecule has 2 aliphatic rings. The fraction of sp³-hybridized carbons (Fsp3) is 0.267. The summed E-state index contributed by atoms with van der Waals surface area (Å²) >= 11 is 0. The van der Waals surface area contributed by atoms with Gasteiger partial charge in [0.1, 0.15) is 5.65 Å². The first-order chi connectivity index (χ1) is 9.83. The van der Waals surface area contributed by atoms with E-state index in [4.69, 9.17) is 0 Å². The van der Waals surface area contributed by atoms with E-state index in [0.717, 1.165) is 35.2 Å². The minimum Gasteiger partial charge on any atom is -0.346 e. The van der Waals surface area contributed by atoms with E-state index in [1.54, 1.807) is 6.20 Å². The zero-order valence-corrected chi connectivity index (χ0v) is 10.9. The molecule has 0 saturated heterocycles. The largest absolute Gasteiger partial charge is 0.346 e. The molecule has 2 aromatic heterocycles. The van der Waals surface area contributed by atoms with Crippen LogP contribution in [0.2, 0.25) is 0 Å². The second kappa shape index (κ2) is 4.30. The van der Waals surface area contributed by atoms with Crippen LogP contribution in [-0.2, 0) is 4.79 Å². The Morgan fingerprint density at radius 2 is 2.25 bits per heavy atom. The number of carbonyl (C=O) groups excluding carboxylic acids is 1. The Bertz CT molecular complexity index is 752. The molecule has 4 rings (SSSR count). The zero-order chi connectivity index (χ0) is 13.5. The summed E-state index contributed by atoms with van der Waals surface area (Å²) in [6.07, 6.45) is 9.03. The van der Waals surface area contributed by atoms with Crippen molar-refractivity contribution in [1.29, 1.82) is 0 Å². The van der Waals surface area contributed by atoms with Gasteiger partial charge in [0.25, 0.3) is 5.91 Å². The smallest absolute Gasteiger partial charge is 0.273 e. The fourth-order valence-electron chi connectivity index (χ4n) is 2.73. The molecule has 2 aromatic rings. The summed E-state index contributed by atoms with van der Waals surface area (Å²) < 4.78 is 0. The normalized spacial score (nSPS) is 21.1. The van der Waals surface area contributed by atoms with E-state index in [2.05, 4.69) is 20.5 Å². The van der Waals surface area contributed by atoms with E-state index in [1.807, 2.05) is 24.4 Å². The second-order valence-corrected chi connectivity index (χ2v) is 5.27. The Labute approximate surface area is 115 Å². The minimum atomic E-state index is -0.106. The van der Waals surface area contributed by atoms with Crippen molar-refractivity contribution in [3.63, 3.8) is 0 Å². The first kappa shape index (κ1) is 11.4. The Morgan fingerprint density at radius 3 is 3.05 bits per heavy atom. The highest BCUT2D eigenvalue weighted by molar-refractivity contribution is 6.28. The van der Waals surface area contributed by atoms with Crippen molar-refractivity contribution in [2.24, 2.45) is 11.0 Å². The average Bonchev–Trinajstić information content (AvgIpc) is 2.96. The molecule has 0 aromatic carbocycles. The van der Waals surface area contributed by atoms with E-state index >= 15 is 0 Å². The third-order valence-electron chi connectivity index (χ3n) is 4.07. The molecule has 0 radical (unpaired) electrons. The van der Waals surface area contributed by atoms with Crippen molar-refractivity contribution < 1.29 is 4.79 Å². The van der Waals surface area contributed by atoms with Gasteiger partial charge in [-0.1, -0.05) is 6.42 Å².